The fraction of sp³-hybridized carbons (Fsp3) is 1.00. The first-order chi connectivity index (χ1) is 11.6. The van der Waals surface area contributed by atoms with Crippen LogP contribution in [0, 0.1) is 0 Å². The van der Waals surface area contributed by atoms with E-state index < -0.39 is 8.87 Å². The van der Waals surface area contributed by atoms with E-state index in [0.29, 0.717) is 5.75 Å². The molecule has 0 aliphatic carbocycles. The lowest BCUT2D eigenvalue weighted by Gasteiger charge is -2.05. The summed E-state index contributed by atoms with van der Waals surface area (Å²) in [5.74, 6) is 1.16. The van der Waals surface area contributed by atoms with Crippen molar-refractivity contribution < 1.29 is 8.42 Å². The zero-order valence-electron chi connectivity index (χ0n) is 16.4. The molecule has 0 N–H and O–H groups in total. The van der Waals surface area contributed by atoms with Gasteiger partial charge in [0.15, 0.2) is 0 Å². The maximum absolute atomic E-state index is 12.0. The summed E-state index contributed by atoms with van der Waals surface area (Å²) in [6, 6.07) is 0. The van der Waals surface area contributed by atoms with Gasteiger partial charge >= 0.3 is 0 Å². The van der Waals surface area contributed by atoms with Crippen molar-refractivity contribution in [2.75, 3.05) is 11.5 Å². The Morgan fingerprint density at radius 3 is 1.38 bits per heavy atom. The average Bonchev–Trinajstić information content (AvgIpc) is 2.55. The van der Waals surface area contributed by atoms with Crippen LogP contribution in [0.1, 0.15) is 117 Å². The molecular weight excluding hydrogens is 336 g/mol. The topological polar surface area (TPSA) is 34.1 Å². The molecular formula is C20H42O2S2. The standard InChI is InChI=1S/C20H42O2S2/c1-3-5-7-9-11-13-15-17-19-23-24(21,22)20-18-16-14-12-10-8-6-4-2/h3-20H2,1-2H3. The molecule has 0 heterocycles. The molecule has 24 heavy (non-hydrogen) atoms. The third kappa shape index (κ3) is 18.6. The van der Waals surface area contributed by atoms with Crippen molar-refractivity contribution in [2.24, 2.45) is 0 Å². The highest BCUT2D eigenvalue weighted by Gasteiger charge is 2.10. The lowest BCUT2D eigenvalue weighted by molar-refractivity contribution is 0.577. The Morgan fingerprint density at radius 2 is 0.917 bits per heavy atom. The fourth-order valence-corrected chi connectivity index (χ4v) is 5.97. The van der Waals surface area contributed by atoms with Gasteiger partial charge in [-0.3, -0.25) is 0 Å². The number of hydrogen-bond donors (Lipinski definition) is 0. The van der Waals surface area contributed by atoms with Crippen LogP contribution in [0.15, 0.2) is 0 Å². The first kappa shape index (κ1) is 24.3. The van der Waals surface area contributed by atoms with Crippen LogP contribution in [-0.2, 0) is 8.87 Å². The van der Waals surface area contributed by atoms with Crippen molar-refractivity contribution in [3.63, 3.8) is 0 Å². The highest BCUT2D eigenvalue weighted by Crippen LogP contribution is 2.19. The summed E-state index contributed by atoms with van der Waals surface area (Å²) in [4.78, 5) is 0. The average molecular weight is 379 g/mol. The molecule has 0 spiro atoms. The largest absolute Gasteiger partial charge is 0.217 e. The molecule has 0 saturated carbocycles. The van der Waals surface area contributed by atoms with Crippen molar-refractivity contribution in [1.29, 1.82) is 0 Å². The summed E-state index contributed by atoms with van der Waals surface area (Å²) >= 11 is 0. The minimum Gasteiger partial charge on any atom is -0.217 e. The van der Waals surface area contributed by atoms with Crippen LogP contribution in [0.2, 0.25) is 0 Å². The molecule has 0 aromatic carbocycles. The van der Waals surface area contributed by atoms with Crippen LogP contribution in [0.25, 0.3) is 0 Å². The highest BCUT2D eigenvalue weighted by molar-refractivity contribution is 8.72. The predicted molar refractivity (Wildman–Crippen MR) is 111 cm³/mol. The van der Waals surface area contributed by atoms with Gasteiger partial charge in [-0.15, -0.1) is 0 Å². The smallest absolute Gasteiger partial charge is 0.201 e. The summed E-state index contributed by atoms with van der Waals surface area (Å²) in [5, 5.41) is 0. The Bertz CT molecular complexity index is 340. The molecule has 0 aromatic rings. The monoisotopic (exact) mass is 378 g/mol. The molecule has 0 fully saturated rings. The van der Waals surface area contributed by atoms with Gasteiger partial charge in [0.2, 0.25) is 8.87 Å². The molecule has 0 aliphatic rings. The van der Waals surface area contributed by atoms with Crippen molar-refractivity contribution in [3.05, 3.63) is 0 Å². The van der Waals surface area contributed by atoms with Crippen molar-refractivity contribution in [3.8, 4) is 0 Å². The molecule has 0 aromatic heterocycles. The molecule has 0 amide bonds. The highest BCUT2D eigenvalue weighted by atomic mass is 33.1. The Morgan fingerprint density at radius 1 is 0.542 bits per heavy atom. The zero-order chi connectivity index (χ0) is 17.9. The van der Waals surface area contributed by atoms with E-state index in [9.17, 15) is 8.42 Å². The second-order valence-electron chi connectivity index (χ2n) is 7.03. The molecule has 0 radical (unpaired) electrons. The van der Waals surface area contributed by atoms with E-state index in [-0.39, 0.29) is 0 Å². The molecule has 0 aliphatic heterocycles. The van der Waals surface area contributed by atoms with Crippen LogP contribution in [0.4, 0.5) is 0 Å². The van der Waals surface area contributed by atoms with Gasteiger partial charge in [0.25, 0.3) is 0 Å². The van der Waals surface area contributed by atoms with E-state index in [1.807, 2.05) is 0 Å². The van der Waals surface area contributed by atoms with E-state index in [1.165, 1.54) is 94.3 Å². The maximum Gasteiger partial charge on any atom is 0.201 e. The Labute approximate surface area is 156 Å². The molecule has 0 unspecified atom stereocenters. The molecule has 146 valence electrons. The molecule has 0 bridgehead atoms. The summed E-state index contributed by atoms with van der Waals surface area (Å²) in [7, 11) is -1.67. The van der Waals surface area contributed by atoms with Gasteiger partial charge in [-0.1, -0.05) is 104 Å². The summed E-state index contributed by atoms with van der Waals surface area (Å²) in [6.45, 7) is 4.47. The number of rotatable bonds is 19. The third-order valence-electron chi connectivity index (χ3n) is 4.51. The summed E-state index contributed by atoms with van der Waals surface area (Å²) in [6.07, 6.45) is 19.8. The van der Waals surface area contributed by atoms with Gasteiger partial charge in [-0.25, -0.2) is 8.42 Å². The second-order valence-corrected chi connectivity index (χ2v) is 11.4. The molecule has 2 nitrogen and oxygen atoms in total. The Kier molecular flexibility index (Phi) is 18.3. The summed E-state index contributed by atoms with van der Waals surface area (Å²) in [5.41, 5.74) is 0. The fourth-order valence-electron chi connectivity index (χ4n) is 2.89. The van der Waals surface area contributed by atoms with Gasteiger partial charge < -0.3 is 0 Å². The lowest BCUT2D eigenvalue weighted by Crippen LogP contribution is -2.02. The van der Waals surface area contributed by atoms with E-state index >= 15 is 0 Å². The first-order valence-corrected chi connectivity index (χ1v) is 13.6. The maximum atomic E-state index is 12.0. The Hall–Kier alpha value is 0.300. The molecule has 0 saturated heterocycles. The third-order valence-corrected chi connectivity index (χ3v) is 8.19. The minimum absolute atomic E-state index is 0.379. The predicted octanol–water partition coefficient (Wildman–Crippen LogP) is 7.33. The normalized spacial score (nSPS) is 11.9. The van der Waals surface area contributed by atoms with E-state index in [2.05, 4.69) is 13.8 Å². The summed E-state index contributed by atoms with van der Waals surface area (Å²) < 4.78 is 23.9. The second kappa shape index (κ2) is 18.1. The SMILES string of the molecule is CCCCCCCCCCSS(=O)(=O)CCCCCCCCCC. The number of unbranched alkanes of at least 4 members (excludes halogenated alkanes) is 14. The molecule has 0 atom stereocenters. The van der Waals surface area contributed by atoms with Crippen LogP contribution in [0.3, 0.4) is 0 Å². The lowest BCUT2D eigenvalue weighted by atomic mass is 10.1. The first-order valence-electron chi connectivity index (χ1n) is 10.5. The zero-order valence-corrected chi connectivity index (χ0v) is 18.0. The van der Waals surface area contributed by atoms with E-state index in [0.717, 1.165) is 25.0 Å². The van der Waals surface area contributed by atoms with Crippen LogP contribution < -0.4 is 0 Å². The van der Waals surface area contributed by atoms with Crippen molar-refractivity contribution >= 4 is 19.7 Å². The van der Waals surface area contributed by atoms with Gasteiger partial charge in [0.1, 0.15) is 0 Å². The van der Waals surface area contributed by atoms with Crippen LogP contribution >= 0.6 is 10.8 Å². The molecule has 0 rings (SSSR count). The quantitative estimate of drug-likeness (QED) is 0.174. The van der Waals surface area contributed by atoms with Crippen LogP contribution in [-0.4, -0.2) is 19.9 Å². The minimum atomic E-state index is -2.87. The molecule has 4 heteroatoms. The van der Waals surface area contributed by atoms with Crippen molar-refractivity contribution in [2.45, 2.75) is 117 Å². The van der Waals surface area contributed by atoms with E-state index in [1.54, 1.807) is 0 Å². The number of hydrogen-bond acceptors (Lipinski definition) is 3. The van der Waals surface area contributed by atoms with Gasteiger partial charge in [0.05, 0.1) is 5.75 Å². The van der Waals surface area contributed by atoms with Gasteiger partial charge in [0, 0.05) is 5.75 Å². The van der Waals surface area contributed by atoms with Gasteiger partial charge in [-0.2, -0.15) is 0 Å². The van der Waals surface area contributed by atoms with Gasteiger partial charge in [-0.05, 0) is 23.6 Å². The van der Waals surface area contributed by atoms with Crippen LogP contribution in [0.5, 0.6) is 0 Å². The Balaban J connectivity index is 3.36. The van der Waals surface area contributed by atoms with Crippen molar-refractivity contribution in [1.82, 2.24) is 0 Å². The van der Waals surface area contributed by atoms with E-state index in [4.69, 9.17) is 0 Å².